The fourth-order valence-electron chi connectivity index (χ4n) is 1.72. The Morgan fingerprint density at radius 1 is 1.21 bits per heavy atom. The molecule has 2 N–H and O–H groups in total. The third-order valence-electron chi connectivity index (χ3n) is 2.52. The Bertz CT molecular complexity index is 623. The van der Waals surface area contributed by atoms with E-state index in [1.54, 1.807) is 0 Å². The molecule has 0 aliphatic rings. The summed E-state index contributed by atoms with van der Waals surface area (Å²) in [5.74, 6) is 0.978. The second-order valence-electron chi connectivity index (χ2n) is 4.05. The zero-order chi connectivity index (χ0) is 14.0. The van der Waals surface area contributed by atoms with Crippen molar-refractivity contribution >= 4 is 28.8 Å². The van der Waals surface area contributed by atoms with Crippen LogP contribution < -0.4 is 10.5 Å². The molecule has 0 aliphatic heterocycles. The number of hydrogen-bond donors (Lipinski definition) is 1. The molecule has 0 unspecified atom stereocenters. The number of thiocarbonyl (C=S) groups is 1. The van der Waals surface area contributed by atoms with Crippen molar-refractivity contribution in [3.8, 4) is 11.6 Å². The Balaban J connectivity index is 2.45. The summed E-state index contributed by atoms with van der Waals surface area (Å²) in [7, 11) is 0. The van der Waals surface area contributed by atoms with Crippen molar-refractivity contribution in [1.82, 2.24) is 9.97 Å². The van der Waals surface area contributed by atoms with Crippen molar-refractivity contribution in [2.45, 2.75) is 13.8 Å². The number of hydrogen-bond acceptors (Lipinski definition) is 4. The molecule has 0 amide bonds. The lowest BCUT2D eigenvalue weighted by atomic mass is 10.1. The van der Waals surface area contributed by atoms with Gasteiger partial charge in [-0.2, -0.15) is 0 Å². The Morgan fingerprint density at radius 3 is 2.37 bits per heavy atom. The van der Waals surface area contributed by atoms with Crippen LogP contribution in [0.25, 0.3) is 0 Å². The van der Waals surface area contributed by atoms with E-state index in [0.717, 1.165) is 11.1 Å². The van der Waals surface area contributed by atoms with Crippen molar-refractivity contribution in [2.75, 3.05) is 0 Å². The van der Waals surface area contributed by atoms with E-state index in [2.05, 4.69) is 9.97 Å². The molecule has 2 aromatic rings. The van der Waals surface area contributed by atoms with Crippen LogP contribution in [0.5, 0.6) is 11.6 Å². The highest BCUT2D eigenvalue weighted by Crippen LogP contribution is 2.31. The first-order valence-electron chi connectivity index (χ1n) is 5.54. The smallest absolute Gasteiger partial charge is 0.248 e. The molecule has 98 valence electrons. The largest absolute Gasteiger partial charge is 0.436 e. The van der Waals surface area contributed by atoms with E-state index in [4.69, 9.17) is 34.3 Å². The Labute approximate surface area is 121 Å². The Kier molecular flexibility index (Phi) is 3.97. The van der Waals surface area contributed by atoms with Gasteiger partial charge in [-0.1, -0.05) is 23.8 Å². The molecule has 0 atom stereocenters. The van der Waals surface area contributed by atoms with Crippen molar-refractivity contribution in [1.29, 1.82) is 0 Å². The number of nitrogens with two attached hydrogens (primary N) is 1. The Hall–Kier alpha value is -1.72. The van der Waals surface area contributed by atoms with Gasteiger partial charge < -0.3 is 10.5 Å². The molecule has 0 fully saturated rings. The molecule has 6 heteroatoms. The highest BCUT2D eigenvalue weighted by atomic mass is 35.5. The minimum atomic E-state index is 0.146. The van der Waals surface area contributed by atoms with Gasteiger partial charge in [0.25, 0.3) is 0 Å². The summed E-state index contributed by atoms with van der Waals surface area (Å²) >= 11 is 10.9. The minimum absolute atomic E-state index is 0.146. The van der Waals surface area contributed by atoms with Crippen molar-refractivity contribution < 1.29 is 4.74 Å². The van der Waals surface area contributed by atoms with E-state index in [-0.39, 0.29) is 4.99 Å². The predicted octanol–water partition coefficient (Wildman–Crippen LogP) is 3.17. The van der Waals surface area contributed by atoms with Crippen molar-refractivity contribution in [3.63, 3.8) is 0 Å². The first-order chi connectivity index (χ1) is 8.99. The molecular weight excluding hydrogens is 282 g/mol. The van der Waals surface area contributed by atoms with Crippen LogP contribution in [0.2, 0.25) is 5.02 Å². The normalized spacial score (nSPS) is 10.3. The van der Waals surface area contributed by atoms with Crippen LogP contribution >= 0.6 is 23.8 Å². The van der Waals surface area contributed by atoms with Gasteiger partial charge in [-0.15, -0.1) is 0 Å². The maximum absolute atomic E-state index is 5.98. The Morgan fingerprint density at radius 2 is 1.79 bits per heavy atom. The molecule has 0 radical (unpaired) electrons. The molecule has 1 heterocycles. The first kappa shape index (κ1) is 13.7. The summed E-state index contributed by atoms with van der Waals surface area (Å²) in [6.07, 6.45) is 3.04. The third-order valence-corrected chi connectivity index (χ3v) is 2.93. The van der Waals surface area contributed by atoms with Crippen LogP contribution in [0.3, 0.4) is 0 Å². The van der Waals surface area contributed by atoms with E-state index in [1.165, 1.54) is 12.4 Å². The summed E-state index contributed by atoms with van der Waals surface area (Å²) in [4.78, 5) is 8.33. The SMILES string of the molecule is Cc1cc(Cl)cc(C)c1Oc1nccnc1C(N)=S. The second kappa shape index (κ2) is 5.50. The summed E-state index contributed by atoms with van der Waals surface area (Å²) in [5, 5.41) is 0.663. The molecule has 2 rings (SSSR count). The molecule has 19 heavy (non-hydrogen) atoms. The van der Waals surface area contributed by atoms with Crippen LogP contribution in [0, 0.1) is 13.8 Å². The van der Waals surface area contributed by atoms with Gasteiger partial charge in [-0.05, 0) is 37.1 Å². The van der Waals surface area contributed by atoms with E-state index < -0.39 is 0 Å². The summed E-state index contributed by atoms with van der Waals surface area (Å²) in [6, 6.07) is 3.64. The topological polar surface area (TPSA) is 61.0 Å². The molecule has 0 saturated heterocycles. The fourth-order valence-corrected chi connectivity index (χ4v) is 2.19. The van der Waals surface area contributed by atoms with Crippen molar-refractivity contribution in [2.24, 2.45) is 5.73 Å². The summed E-state index contributed by atoms with van der Waals surface area (Å²) in [5.41, 5.74) is 7.78. The van der Waals surface area contributed by atoms with Crippen LogP contribution in [-0.4, -0.2) is 15.0 Å². The van der Waals surface area contributed by atoms with Gasteiger partial charge in [-0.3, -0.25) is 0 Å². The third kappa shape index (κ3) is 3.00. The quantitative estimate of drug-likeness (QED) is 0.881. The maximum atomic E-state index is 5.98. The number of aromatic nitrogens is 2. The van der Waals surface area contributed by atoms with Gasteiger partial charge in [0.15, 0.2) is 5.69 Å². The lowest BCUT2D eigenvalue weighted by Crippen LogP contribution is -2.13. The lowest BCUT2D eigenvalue weighted by Gasteiger charge is -2.13. The lowest BCUT2D eigenvalue weighted by molar-refractivity contribution is 0.452. The number of benzene rings is 1. The van der Waals surface area contributed by atoms with Crippen LogP contribution in [-0.2, 0) is 0 Å². The molecule has 1 aromatic carbocycles. The number of nitrogens with zero attached hydrogens (tertiary/aromatic N) is 2. The minimum Gasteiger partial charge on any atom is -0.436 e. The predicted molar refractivity (Wildman–Crippen MR) is 78.9 cm³/mol. The zero-order valence-electron chi connectivity index (χ0n) is 10.5. The van der Waals surface area contributed by atoms with E-state index >= 15 is 0 Å². The first-order valence-corrected chi connectivity index (χ1v) is 6.33. The van der Waals surface area contributed by atoms with Gasteiger partial charge in [0, 0.05) is 17.4 Å². The van der Waals surface area contributed by atoms with Gasteiger partial charge in [-0.25, -0.2) is 9.97 Å². The maximum Gasteiger partial charge on any atom is 0.248 e. The van der Waals surface area contributed by atoms with Crippen LogP contribution in [0.4, 0.5) is 0 Å². The molecule has 0 saturated carbocycles. The monoisotopic (exact) mass is 293 g/mol. The average Bonchev–Trinajstić information content (AvgIpc) is 2.34. The number of rotatable bonds is 3. The fraction of sp³-hybridized carbons (Fsp3) is 0.154. The van der Waals surface area contributed by atoms with E-state index in [0.29, 0.717) is 22.3 Å². The average molecular weight is 294 g/mol. The van der Waals surface area contributed by atoms with Gasteiger partial charge in [0.05, 0.1) is 0 Å². The van der Waals surface area contributed by atoms with E-state index in [9.17, 15) is 0 Å². The highest BCUT2D eigenvalue weighted by Gasteiger charge is 2.13. The van der Waals surface area contributed by atoms with Crippen LogP contribution in [0.15, 0.2) is 24.5 Å². The van der Waals surface area contributed by atoms with E-state index in [1.807, 2.05) is 26.0 Å². The second-order valence-corrected chi connectivity index (χ2v) is 4.92. The summed E-state index contributed by atoms with van der Waals surface area (Å²) < 4.78 is 5.79. The molecule has 0 bridgehead atoms. The van der Waals surface area contributed by atoms with Gasteiger partial charge in [0.1, 0.15) is 10.7 Å². The highest BCUT2D eigenvalue weighted by molar-refractivity contribution is 7.80. The number of ether oxygens (including phenoxy) is 1. The molecule has 0 aliphatic carbocycles. The zero-order valence-corrected chi connectivity index (χ0v) is 12.0. The molecular formula is C13H12ClN3OS. The number of aryl methyl sites for hydroxylation is 2. The molecule has 1 aromatic heterocycles. The standard InChI is InChI=1S/C13H12ClN3OS/c1-7-5-9(14)6-8(2)11(7)18-13-10(12(15)19)16-3-4-17-13/h3-6H,1-2H3,(H2,15,19). The molecule has 0 spiro atoms. The van der Waals surface area contributed by atoms with Gasteiger partial charge in [0.2, 0.25) is 5.88 Å². The van der Waals surface area contributed by atoms with Gasteiger partial charge >= 0.3 is 0 Å². The number of halogens is 1. The summed E-state index contributed by atoms with van der Waals surface area (Å²) in [6.45, 7) is 3.82. The van der Waals surface area contributed by atoms with Crippen LogP contribution in [0.1, 0.15) is 16.8 Å². The molecule has 4 nitrogen and oxygen atoms in total. The van der Waals surface area contributed by atoms with Crippen molar-refractivity contribution in [3.05, 3.63) is 46.4 Å².